The third kappa shape index (κ3) is 3.68. The van der Waals surface area contributed by atoms with Crippen LogP contribution in [0.15, 0.2) is 24.3 Å². The molecule has 0 unspecified atom stereocenters. The normalized spacial score (nSPS) is 11.6. The van der Waals surface area contributed by atoms with Gasteiger partial charge in [-0.15, -0.1) is 11.3 Å². The van der Waals surface area contributed by atoms with Crippen LogP contribution in [0.4, 0.5) is 9.80 Å². The van der Waals surface area contributed by atoms with Gasteiger partial charge in [-0.3, -0.25) is 5.32 Å². The third-order valence-corrected chi connectivity index (χ3v) is 3.40. The maximum atomic E-state index is 11.7. The van der Waals surface area contributed by atoms with Gasteiger partial charge in [-0.05, 0) is 43.9 Å². The first-order valence-electron chi connectivity index (χ1n) is 6.01. The Morgan fingerprint density at radius 3 is 2.74 bits per heavy atom. The maximum absolute atomic E-state index is 11.7. The number of hydrogen-bond acceptors (Lipinski definition) is 4. The Morgan fingerprint density at radius 1 is 1.37 bits per heavy atom. The van der Waals surface area contributed by atoms with Gasteiger partial charge in [0.1, 0.15) is 5.60 Å². The summed E-state index contributed by atoms with van der Waals surface area (Å²) in [5.74, 6) is 0. The van der Waals surface area contributed by atoms with Crippen LogP contribution in [0.2, 0.25) is 0 Å². The molecule has 2 N–H and O–H groups in total. The molecule has 0 fully saturated rings. The van der Waals surface area contributed by atoms with E-state index in [0.717, 1.165) is 20.7 Å². The molecule has 5 heteroatoms. The molecule has 2 rings (SSSR count). The van der Waals surface area contributed by atoms with Crippen molar-refractivity contribution in [1.29, 1.82) is 0 Å². The van der Waals surface area contributed by atoms with Crippen LogP contribution in [0.25, 0.3) is 10.1 Å². The van der Waals surface area contributed by atoms with E-state index in [-0.39, 0.29) is 6.61 Å². The van der Waals surface area contributed by atoms with Gasteiger partial charge < -0.3 is 9.84 Å². The molecule has 1 aromatic carbocycles. The van der Waals surface area contributed by atoms with Crippen LogP contribution >= 0.6 is 11.3 Å². The summed E-state index contributed by atoms with van der Waals surface area (Å²) in [6.45, 7) is 5.49. The first-order chi connectivity index (χ1) is 8.87. The molecule has 0 saturated carbocycles. The standard InChI is InChI=1S/C14H17NO3S/c1-14(2,3)18-13(17)15-12-7-10-5-4-9(8-16)6-11(10)19-12/h4-7,16H,8H2,1-3H3,(H,15,17). The van der Waals surface area contributed by atoms with Crippen molar-refractivity contribution >= 4 is 32.5 Å². The van der Waals surface area contributed by atoms with Crippen molar-refractivity contribution in [2.24, 2.45) is 0 Å². The maximum Gasteiger partial charge on any atom is 0.412 e. The minimum absolute atomic E-state index is 0.0165. The fourth-order valence-electron chi connectivity index (χ4n) is 1.64. The molecule has 0 spiro atoms. The predicted octanol–water partition coefficient (Wildman–Crippen LogP) is 3.74. The molecule has 0 aliphatic rings. The highest BCUT2D eigenvalue weighted by Gasteiger charge is 2.16. The van der Waals surface area contributed by atoms with Crippen molar-refractivity contribution in [3.05, 3.63) is 29.8 Å². The molecule has 1 amide bonds. The number of rotatable bonds is 2. The van der Waals surface area contributed by atoms with Crippen LogP contribution in [0.3, 0.4) is 0 Å². The van der Waals surface area contributed by atoms with Crippen molar-refractivity contribution in [3.8, 4) is 0 Å². The Labute approximate surface area is 116 Å². The SMILES string of the molecule is CC(C)(C)OC(=O)Nc1cc2ccc(CO)cc2s1. The third-order valence-electron chi connectivity index (χ3n) is 2.39. The number of carbonyl (C=O) groups is 1. The molecule has 19 heavy (non-hydrogen) atoms. The highest BCUT2D eigenvalue weighted by molar-refractivity contribution is 7.22. The van der Waals surface area contributed by atoms with E-state index in [1.54, 1.807) is 0 Å². The van der Waals surface area contributed by atoms with Crippen LogP contribution in [-0.4, -0.2) is 16.8 Å². The fraction of sp³-hybridized carbons (Fsp3) is 0.357. The number of ether oxygens (including phenoxy) is 1. The van der Waals surface area contributed by atoms with Gasteiger partial charge >= 0.3 is 6.09 Å². The van der Waals surface area contributed by atoms with Crippen LogP contribution < -0.4 is 5.32 Å². The summed E-state index contributed by atoms with van der Waals surface area (Å²) in [5, 5.41) is 13.6. The number of amides is 1. The first kappa shape index (κ1) is 13.8. The molecular formula is C14H17NO3S. The number of thiophene rings is 1. The molecule has 102 valence electrons. The Kier molecular flexibility index (Phi) is 3.78. The number of anilines is 1. The molecule has 2 aromatic rings. The largest absolute Gasteiger partial charge is 0.444 e. The number of aliphatic hydroxyl groups excluding tert-OH is 1. The number of hydrogen-bond donors (Lipinski definition) is 2. The van der Waals surface area contributed by atoms with Crippen molar-refractivity contribution in [2.75, 3.05) is 5.32 Å². The molecule has 0 atom stereocenters. The monoisotopic (exact) mass is 279 g/mol. The Morgan fingerprint density at radius 2 is 2.11 bits per heavy atom. The van der Waals surface area contributed by atoms with E-state index in [9.17, 15) is 4.79 Å². The zero-order chi connectivity index (χ0) is 14.0. The summed E-state index contributed by atoms with van der Waals surface area (Å²) in [6.07, 6.45) is -0.457. The van der Waals surface area contributed by atoms with E-state index >= 15 is 0 Å². The van der Waals surface area contributed by atoms with E-state index in [1.165, 1.54) is 11.3 Å². The molecule has 1 aromatic heterocycles. The lowest BCUT2D eigenvalue weighted by Gasteiger charge is -2.19. The van der Waals surface area contributed by atoms with Crippen LogP contribution in [0, 0.1) is 0 Å². The summed E-state index contributed by atoms with van der Waals surface area (Å²) in [5.41, 5.74) is 0.350. The molecule has 0 radical (unpaired) electrons. The summed E-state index contributed by atoms with van der Waals surface area (Å²) >= 11 is 1.46. The number of nitrogens with one attached hydrogen (secondary N) is 1. The second-order valence-corrected chi connectivity index (χ2v) is 6.35. The topological polar surface area (TPSA) is 58.6 Å². The van der Waals surface area contributed by atoms with Gasteiger partial charge in [0.2, 0.25) is 0 Å². The quantitative estimate of drug-likeness (QED) is 0.880. The molecule has 0 aliphatic heterocycles. The second kappa shape index (κ2) is 5.19. The van der Waals surface area contributed by atoms with Crippen molar-refractivity contribution < 1.29 is 14.6 Å². The van der Waals surface area contributed by atoms with Crippen LogP contribution in [0.5, 0.6) is 0 Å². The summed E-state index contributed by atoms with van der Waals surface area (Å²) in [4.78, 5) is 11.7. The summed E-state index contributed by atoms with van der Waals surface area (Å²) in [6, 6.07) is 7.61. The van der Waals surface area contributed by atoms with Crippen LogP contribution in [-0.2, 0) is 11.3 Å². The number of fused-ring (bicyclic) bond motifs is 1. The van der Waals surface area contributed by atoms with Gasteiger partial charge in [-0.25, -0.2) is 4.79 Å². The Hall–Kier alpha value is -1.59. The van der Waals surface area contributed by atoms with Gasteiger partial charge in [-0.2, -0.15) is 0 Å². The van der Waals surface area contributed by atoms with Crippen molar-refractivity contribution in [2.45, 2.75) is 33.0 Å². The first-order valence-corrected chi connectivity index (χ1v) is 6.82. The lowest BCUT2D eigenvalue weighted by Crippen LogP contribution is -2.26. The molecule has 0 aliphatic carbocycles. The van der Waals surface area contributed by atoms with Gasteiger partial charge in [0.05, 0.1) is 11.6 Å². The number of benzene rings is 1. The molecule has 0 bridgehead atoms. The van der Waals surface area contributed by atoms with E-state index in [2.05, 4.69) is 5.32 Å². The lowest BCUT2D eigenvalue weighted by molar-refractivity contribution is 0.0636. The second-order valence-electron chi connectivity index (χ2n) is 5.27. The minimum atomic E-state index is -0.509. The Bertz CT molecular complexity index is 598. The smallest absolute Gasteiger partial charge is 0.412 e. The summed E-state index contributed by atoms with van der Waals surface area (Å²) in [7, 11) is 0. The predicted molar refractivity (Wildman–Crippen MR) is 77.6 cm³/mol. The zero-order valence-corrected chi connectivity index (χ0v) is 12.0. The van der Waals surface area contributed by atoms with Gasteiger partial charge in [-0.1, -0.05) is 12.1 Å². The average Bonchev–Trinajstić information content (AvgIpc) is 2.66. The molecule has 0 saturated heterocycles. The number of aliphatic hydroxyl groups is 1. The fourth-order valence-corrected chi connectivity index (χ4v) is 2.65. The average molecular weight is 279 g/mol. The van der Waals surface area contributed by atoms with Crippen molar-refractivity contribution in [1.82, 2.24) is 0 Å². The van der Waals surface area contributed by atoms with E-state index in [4.69, 9.17) is 9.84 Å². The van der Waals surface area contributed by atoms with Gasteiger partial charge in [0.15, 0.2) is 0 Å². The summed E-state index contributed by atoms with van der Waals surface area (Å²) < 4.78 is 6.22. The van der Waals surface area contributed by atoms with Crippen LogP contribution in [0.1, 0.15) is 26.3 Å². The molecular weight excluding hydrogens is 262 g/mol. The molecule has 4 nitrogen and oxygen atoms in total. The highest BCUT2D eigenvalue weighted by atomic mass is 32.1. The van der Waals surface area contributed by atoms with Gasteiger partial charge in [0, 0.05) is 4.70 Å². The van der Waals surface area contributed by atoms with Gasteiger partial charge in [0.25, 0.3) is 0 Å². The van der Waals surface area contributed by atoms with E-state index < -0.39 is 11.7 Å². The lowest BCUT2D eigenvalue weighted by atomic mass is 10.2. The van der Waals surface area contributed by atoms with Crippen molar-refractivity contribution in [3.63, 3.8) is 0 Å². The van der Waals surface area contributed by atoms with E-state index in [0.29, 0.717) is 0 Å². The van der Waals surface area contributed by atoms with E-state index in [1.807, 2.05) is 45.0 Å². The number of carbonyl (C=O) groups excluding carboxylic acids is 1. The zero-order valence-electron chi connectivity index (χ0n) is 11.2. The minimum Gasteiger partial charge on any atom is -0.444 e. The Balaban J connectivity index is 2.15. The highest BCUT2D eigenvalue weighted by Crippen LogP contribution is 2.30. The molecule has 1 heterocycles.